The molecule has 1 saturated heterocycles. The first-order valence-corrected chi connectivity index (χ1v) is 8.84. The Labute approximate surface area is 147 Å². The van der Waals surface area contributed by atoms with Crippen molar-refractivity contribution in [1.29, 1.82) is 0 Å². The molecule has 1 amide bonds. The molecule has 0 spiro atoms. The molecule has 0 aromatic carbocycles. The van der Waals surface area contributed by atoms with Crippen molar-refractivity contribution in [3.05, 3.63) is 34.9 Å². The Hall–Kier alpha value is -2.15. The number of aryl methyl sites for hydroxylation is 1. The van der Waals surface area contributed by atoms with Crippen LogP contribution in [0.2, 0.25) is 0 Å². The normalized spacial score (nSPS) is 23.5. The van der Waals surface area contributed by atoms with Gasteiger partial charge in [0.25, 0.3) is 5.56 Å². The Kier molecular flexibility index (Phi) is 5.53. The Bertz CT molecular complexity index is 700. The molecule has 0 radical (unpaired) electrons. The van der Waals surface area contributed by atoms with E-state index in [4.69, 9.17) is 4.74 Å². The fraction of sp³-hybridized carbons (Fsp3) is 0.611. The van der Waals surface area contributed by atoms with Crippen LogP contribution in [0.1, 0.15) is 19.3 Å². The fourth-order valence-corrected chi connectivity index (χ4v) is 3.44. The van der Waals surface area contributed by atoms with Gasteiger partial charge in [-0.15, -0.1) is 0 Å². The Morgan fingerprint density at radius 3 is 3.04 bits per heavy atom. The molecule has 2 aliphatic rings. The summed E-state index contributed by atoms with van der Waals surface area (Å²) in [5.74, 6) is 0.730. The fourth-order valence-electron chi connectivity index (χ4n) is 3.44. The van der Waals surface area contributed by atoms with Crippen molar-refractivity contribution in [1.82, 2.24) is 14.5 Å². The predicted molar refractivity (Wildman–Crippen MR) is 95.5 cm³/mol. The summed E-state index contributed by atoms with van der Waals surface area (Å²) in [6, 6.07) is 0. The second-order valence-corrected chi connectivity index (χ2v) is 6.81. The van der Waals surface area contributed by atoms with Crippen molar-refractivity contribution in [3.8, 4) is 0 Å². The maximum Gasteiger partial charge on any atom is 0.293 e. The molecule has 1 aromatic rings. The Balaban J connectivity index is 1.61. The molecule has 2 heterocycles. The highest BCUT2D eigenvalue weighted by atomic mass is 16.5. The van der Waals surface area contributed by atoms with E-state index in [1.165, 1.54) is 4.57 Å². The van der Waals surface area contributed by atoms with Gasteiger partial charge < -0.3 is 19.1 Å². The molecule has 0 saturated carbocycles. The van der Waals surface area contributed by atoms with Crippen molar-refractivity contribution >= 4 is 11.7 Å². The highest BCUT2D eigenvalue weighted by Gasteiger charge is 2.30. The smallest absolute Gasteiger partial charge is 0.293 e. The van der Waals surface area contributed by atoms with Gasteiger partial charge in [-0.25, -0.2) is 4.98 Å². The van der Waals surface area contributed by atoms with E-state index in [2.05, 4.69) is 17.1 Å². The van der Waals surface area contributed by atoms with E-state index in [0.29, 0.717) is 32.1 Å². The third-order valence-electron chi connectivity index (χ3n) is 4.91. The zero-order valence-corrected chi connectivity index (χ0v) is 14.9. The largest absolute Gasteiger partial charge is 0.373 e. The number of rotatable bonds is 4. The van der Waals surface area contributed by atoms with Gasteiger partial charge >= 0.3 is 0 Å². The van der Waals surface area contributed by atoms with E-state index >= 15 is 0 Å². The first-order valence-electron chi connectivity index (χ1n) is 8.84. The van der Waals surface area contributed by atoms with Crippen LogP contribution in [0.4, 0.5) is 5.82 Å². The van der Waals surface area contributed by atoms with Crippen LogP contribution in [0.5, 0.6) is 0 Å². The molecule has 136 valence electrons. The lowest BCUT2D eigenvalue weighted by molar-refractivity contribution is -0.143. The van der Waals surface area contributed by atoms with E-state index in [1.807, 2.05) is 16.8 Å². The third kappa shape index (κ3) is 4.10. The first kappa shape index (κ1) is 17.7. The molecule has 0 bridgehead atoms. The maximum atomic E-state index is 12.7. The number of aromatic nitrogens is 2. The number of anilines is 1. The van der Waals surface area contributed by atoms with Crippen molar-refractivity contribution < 1.29 is 9.53 Å². The predicted octanol–water partition coefficient (Wildman–Crippen LogP) is 0.800. The summed E-state index contributed by atoms with van der Waals surface area (Å²) < 4.78 is 7.33. The maximum absolute atomic E-state index is 12.7. The minimum atomic E-state index is -0.136. The van der Waals surface area contributed by atoms with E-state index in [1.54, 1.807) is 19.4 Å². The van der Waals surface area contributed by atoms with Crippen LogP contribution in [-0.4, -0.2) is 59.8 Å². The van der Waals surface area contributed by atoms with Gasteiger partial charge in [-0.1, -0.05) is 12.2 Å². The number of likely N-dealkylation sites (N-methyl/N-ethyl adjacent to an activating group) is 1. The van der Waals surface area contributed by atoms with Gasteiger partial charge in [0.15, 0.2) is 5.82 Å². The summed E-state index contributed by atoms with van der Waals surface area (Å²) in [6.45, 7) is 2.27. The van der Waals surface area contributed by atoms with Crippen molar-refractivity contribution in [2.45, 2.75) is 25.4 Å². The van der Waals surface area contributed by atoms with Gasteiger partial charge in [0.1, 0.15) is 0 Å². The van der Waals surface area contributed by atoms with Gasteiger partial charge in [-0.05, 0) is 19.3 Å². The number of allylic oxidation sites excluding steroid dienone is 2. The molecular weight excluding hydrogens is 320 g/mol. The topological polar surface area (TPSA) is 67.7 Å². The summed E-state index contributed by atoms with van der Waals surface area (Å²) >= 11 is 0. The lowest BCUT2D eigenvalue weighted by atomic mass is 9.93. The summed E-state index contributed by atoms with van der Waals surface area (Å²) in [5.41, 5.74) is -0.136. The number of ether oxygens (including phenoxy) is 1. The summed E-state index contributed by atoms with van der Waals surface area (Å²) in [5, 5.41) is 0. The van der Waals surface area contributed by atoms with E-state index in [-0.39, 0.29) is 23.5 Å². The van der Waals surface area contributed by atoms with Gasteiger partial charge in [0.05, 0.1) is 12.7 Å². The van der Waals surface area contributed by atoms with Crippen LogP contribution >= 0.6 is 0 Å². The molecule has 1 aliphatic carbocycles. The lowest BCUT2D eigenvalue weighted by Crippen LogP contribution is -2.51. The van der Waals surface area contributed by atoms with Gasteiger partial charge in [0, 0.05) is 52.0 Å². The monoisotopic (exact) mass is 346 g/mol. The molecule has 1 aromatic heterocycles. The molecule has 0 N–H and O–H groups in total. The minimum Gasteiger partial charge on any atom is -0.373 e. The van der Waals surface area contributed by atoms with Crippen LogP contribution in [-0.2, 0) is 16.6 Å². The SMILES string of the molecule is CN(C[C@@H]1CN(C(=O)[C@H]2CC=CCC2)CCO1)c1nccn(C)c1=O. The molecule has 7 nitrogen and oxygen atoms in total. The van der Waals surface area contributed by atoms with Crippen molar-refractivity contribution in [2.75, 3.05) is 38.2 Å². The number of amides is 1. The summed E-state index contributed by atoms with van der Waals surface area (Å²) in [4.78, 5) is 32.8. The number of hydrogen-bond acceptors (Lipinski definition) is 5. The van der Waals surface area contributed by atoms with Crippen molar-refractivity contribution in [3.63, 3.8) is 0 Å². The molecule has 7 heteroatoms. The quantitative estimate of drug-likeness (QED) is 0.755. The highest BCUT2D eigenvalue weighted by molar-refractivity contribution is 5.79. The highest BCUT2D eigenvalue weighted by Crippen LogP contribution is 2.22. The van der Waals surface area contributed by atoms with E-state index in [9.17, 15) is 9.59 Å². The van der Waals surface area contributed by atoms with E-state index in [0.717, 1.165) is 19.3 Å². The second kappa shape index (κ2) is 7.82. The van der Waals surface area contributed by atoms with Crippen LogP contribution in [0, 0.1) is 5.92 Å². The molecule has 0 unspecified atom stereocenters. The molecule has 1 aliphatic heterocycles. The minimum absolute atomic E-state index is 0.101. The zero-order valence-electron chi connectivity index (χ0n) is 14.9. The van der Waals surface area contributed by atoms with E-state index < -0.39 is 0 Å². The van der Waals surface area contributed by atoms with Crippen LogP contribution in [0.3, 0.4) is 0 Å². The number of nitrogens with zero attached hydrogens (tertiary/aromatic N) is 4. The van der Waals surface area contributed by atoms with Crippen LogP contribution in [0.25, 0.3) is 0 Å². The van der Waals surface area contributed by atoms with Crippen LogP contribution < -0.4 is 10.5 Å². The standard InChI is InChI=1S/C18H26N4O3/c1-20-9-8-19-16(18(20)24)21(2)12-15-13-22(10-11-25-15)17(23)14-6-4-3-5-7-14/h3-4,8-9,14-15H,5-7,10-13H2,1-2H3/t14-,15+/m0/s1. The van der Waals surface area contributed by atoms with Gasteiger partial charge in [0.2, 0.25) is 5.91 Å². The Morgan fingerprint density at radius 1 is 1.44 bits per heavy atom. The molecular formula is C18H26N4O3. The van der Waals surface area contributed by atoms with Gasteiger partial charge in [-0.2, -0.15) is 0 Å². The molecule has 25 heavy (non-hydrogen) atoms. The van der Waals surface area contributed by atoms with Gasteiger partial charge in [-0.3, -0.25) is 9.59 Å². The molecule has 2 atom stereocenters. The number of carbonyl (C=O) groups excluding carboxylic acids is 1. The number of carbonyl (C=O) groups is 1. The summed E-state index contributed by atoms with van der Waals surface area (Å²) in [6.07, 6.45) is 10.1. The first-order chi connectivity index (χ1) is 12.1. The third-order valence-corrected chi connectivity index (χ3v) is 4.91. The average molecular weight is 346 g/mol. The average Bonchev–Trinajstić information content (AvgIpc) is 2.64. The molecule has 1 fully saturated rings. The number of morpholine rings is 1. The molecule has 3 rings (SSSR count). The number of hydrogen-bond donors (Lipinski definition) is 0. The second-order valence-electron chi connectivity index (χ2n) is 6.81. The van der Waals surface area contributed by atoms with Crippen molar-refractivity contribution in [2.24, 2.45) is 13.0 Å². The van der Waals surface area contributed by atoms with Crippen LogP contribution in [0.15, 0.2) is 29.3 Å². The lowest BCUT2D eigenvalue weighted by Gasteiger charge is -2.36. The zero-order chi connectivity index (χ0) is 17.8. The summed E-state index contributed by atoms with van der Waals surface area (Å²) in [7, 11) is 3.54. The Morgan fingerprint density at radius 2 is 2.28 bits per heavy atom.